The summed E-state index contributed by atoms with van der Waals surface area (Å²) < 4.78 is 5.15. The summed E-state index contributed by atoms with van der Waals surface area (Å²) in [5.41, 5.74) is 5.26. The molecule has 0 bridgehead atoms. The molecule has 6 nitrogen and oxygen atoms in total. The number of nitrogens with zero attached hydrogens (tertiary/aromatic N) is 2. The summed E-state index contributed by atoms with van der Waals surface area (Å²) in [7, 11) is 0. The molecule has 1 rings (SSSR count). The van der Waals surface area contributed by atoms with Gasteiger partial charge in [-0.1, -0.05) is 0 Å². The minimum absolute atomic E-state index is 0.186. The van der Waals surface area contributed by atoms with Crippen LogP contribution in [0.2, 0.25) is 0 Å². The zero-order chi connectivity index (χ0) is 10.4. The second kappa shape index (κ2) is 5.13. The second-order valence-electron chi connectivity index (χ2n) is 2.57. The van der Waals surface area contributed by atoms with Crippen molar-refractivity contribution in [2.75, 3.05) is 13.2 Å². The summed E-state index contributed by atoms with van der Waals surface area (Å²) in [5.74, 6) is -0.0736. The van der Waals surface area contributed by atoms with Crippen molar-refractivity contribution in [2.24, 2.45) is 5.73 Å². The lowest BCUT2D eigenvalue weighted by Gasteiger charge is -2.04. The molecule has 0 saturated carbocycles. The highest BCUT2D eigenvalue weighted by molar-refractivity contribution is 5.38. The Kier molecular flexibility index (Phi) is 3.81. The zero-order valence-electron chi connectivity index (χ0n) is 7.55. The fourth-order valence-electron chi connectivity index (χ4n) is 0.897. The first kappa shape index (κ1) is 10.4. The monoisotopic (exact) mass is 197 g/mol. The summed E-state index contributed by atoms with van der Waals surface area (Å²) in [6, 6.07) is 3.10. The van der Waals surface area contributed by atoms with Crippen LogP contribution < -0.4 is 10.5 Å². The van der Waals surface area contributed by atoms with Gasteiger partial charge in [0.05, 0.1) is 6.61 Å². The van der Waals surface area contributed by atoms with Crippen molar-refractivity contribution in [3.05, 3.63) is 28.4 Å². The third-order valence-electron chi connectivity index (χ3n) is 1.53. The Morgan fingerprint density at radius 1 is 1.64 bits per heavy atom. The molecule has 0 aliphatic heterocycles. The van der Waals surface area contributed by atoms with E-state index in [1.165, 1.54) is 12.3 Å². The minimum atomic E-state index is -0.572. The molecule has 0 amide bonds. The van der Waals surface area contributed by atoms with Crippen LogP contribution in [0.15, 0.2) is 18.3 Å². The van der Waals surface area contributed by atoms with Gasteiger partial charge in [-0.15, -0.1) is 0 Å². The molecule has 0 spiro atoms. The van der Waals surface area contributed by atoms with Crippen molar-refractivity contribution < 1.29 is 9.66 Å². The molecule has 1 aromatic rings. The highest BCUT2D eigenvalue weighted by atomic mass is 16.6. The largest absolute Gasteiger partial charge is 0.486 e. The van der Waals surface area contributed by atoms with Crippen molar-refractivity contribution in [1.29, 1.82) is 0 Å². The van der Waals surface area contributed by atoms with Gasteiger partial charge in [-0.3, -0.25) is 0 Å². The molecule has 0 saturated heterocycles. The number of nitrogens with two attached hydrogens (primary N) is 1. The summed E-state index contributed by atoms with van der Waals surface area (Å²) in [6.07, 6.45) is 2.01. The Morgan fingerprint density at radius 2 is 2.43 bits per heavy atom. The van der Waals surface area contributed by atoms with E-state index >= 15 is 0 Å². The Labute approximate surface area is 80.9 Å². The molecule has 1 heterocycles. The van der Waals surface area contributed by atoms with E-state index in [0.29, 0.717) is 19.6 Å². The Hall–Kier alpha value is -1.69. The van der Waals surface area contributed by atoms with E-state index in [1.807, 2.05) is 0 Å². The van der Waals surface area contributed by atoms with Gasteiger partial charge in [0.2, 0.25) is 5.75 Å². The van der Waals surface area contributed by atoms with Crippen molar-refractivity contribution in [1.82, 2.24) is 4.98 Å². The van der Waals surface area contributed by atoms with Crippen LogP contribution in [0.1, 0.15) is 6.42 Å². The first-order chi connectivity index (χ1) is 6.75. The number of hydrogen-bond donors (Lipinski definition) is 1. The maximum absolute atomic E-state index is 10.5. The van der Waals surface area contributed by atoms with Gasteiger partial charge in [0, 0.05) is 0 Å². The first-order valence-electron chi connectivity index (χ1n) is 4.18. The third-order valence-corrected chi connectivity index (χ3v) is 1.53. The van der Waals surface area contributed by atoms with E-state index in [0.717, 1.165) is 0 Å². The van der Waals surface area contributed by atoms with Crippen molar-refractivity contribution in [3.8, 4) is 5.75 Å². The van der Waals surface area contributed by atoms with E-state index in [4.69, 9.17) is 10.5 Å². The average molecular weight is 197 g/mol. The quantitative estimate of drug-likeness (QED) is 0.426. The van der Waals surface area contributed by atoms with Gasteiger partial charge in [0.25, 0.3) is 0 Å². The molecule has 0 aromatic carbocycles. The normalized spacial score (nSPS) is 9.79. The van der Waals surface area contributed by atoms with Crippen molar-refractivity contribution in [2.45, 2.75) is 6.42 Å². The van der Waals surface area contributed by atoms with Crippen LogP contribution in [-0.4, -0.2) is 23.1 Å². The van der Waals surface area contributed by atoms with Crippen molar-refractivity contribution >= 4 is 5.82 Å². The van der Waals surface area contributed by atoms with Crippen LogP contribution >= 0.6 is 0 Å². The maximum Gasteiger partial charge on any atom is 0.406 e. The predicted octanol–water partition coefficient (Wildman–Crippen LogP) is 0.717. The Morgan fingerprint density at radius 3 is 3.07 bits per heavy atom. The SMILES string of the molecule is NCCCOc1cccnc1[N+](=O)[O-]. The highest BCUT2D eigenvalue weighted by Crippen LogP contribution is 2.22. The van der Waals surface area contributed by atoms with E-state index in [2.05, 4.69) is 4.98 Å². The van der Waals surface area contributed by atoms with Crippen LogP contribution in [0, 0.1) is 10.1 Å². The molecule has 0 unspecified atom stereocenters. The standard InChI is InChI=1S/C8H11N3O3/c9-4-2-6-14-7-3-1-5-10-8(7)11(12)13/h1,3,5H,2,4,6,9H2. The third kappa shape index (κ3) is 2.67. The summed E-state index contributed by atoms with van der Waals surface area (Å²) in [6.45, 7) is 0.858. The number of aromatic nitrogens is 1. The molecule has 14 heavy (non-hydrogen) atoms. The summed E-state index contributed by atoms with van der Waals surface area (Å²) in [4.78, 5) is 13.5. The molecule has 0 radical (unpaired) electrons. The van der Waals surface area contributed by atoms with Gasteiger partial charge < -0.3 is 20.6 Å². The van der Waals surface area contributed by atoms with Crippen LogP contribution in [0.4, 0.5) is 5.82 Å². The second-order valence-corrected chi connectivity index (χ2v) is 2.57. The Balaban J connectivity index is 2.69. The molecule has 0 aliphatic rings. The maximum atomic E-state index is 10.5. The lowest BCUT2D eigenvalue weighted by Crippen LogP contribution is -2.07. The lowest BCUT2D eigenvalue weighted by molar-refractivity contribution is -0.390. The van der Waals surface area contributed by atoms with Crippen LogP contribution in [-0.2, 0) is 0 Å². The molecule has 76 valence electrons. The van der Waals surface area contributed by atoms with Crippen molar-refractivity contribution in [3.63, 3.8) is 0 Å². The molecular weight excluding hydrogens is 186 g/mol. The van der Waals surface area contributed by atoms with E-state index in [9.17, 15) is 10.1 Å². The summed E-state index contributed by atoms with van der Waals surface area (Å²) >= 11 is 0. The molecule has 1 aromatic heterocycles. The highest BCUT2D eigenvalue weighted by Gasteiger charge is 2.14. The number of nitro groups is 1. The van der Waals surface area contributed by atoms with Gasteiger partial charge in [-0.05, 0) is 35.0 Å². The van der Waals surface area contributed by atoms with E-state index in [-0.39, 0.29) is 11.6 Å². The van der Waals surface area contributed by atoms with Crippen LogP contribution in [0.5, 0.6) is 5.75 Å². The van der Waals surface area contributed by atoms with Gasteiger partial charge in [0.1, 0.15) is 6.20 Å². The molecular formula is C8H11N3O3. The number of hydrogen-bond acceptors (Lipinski definition) is 5. The lowest BCUT2D eigenvalue weighted by atomic mass is 10.4. The van der Waals surface area contributed by atoms with Crippen LogP contribution in [0.25, 0.3) is 0 Å². The van der Waals surface area contributed by atoms with Gasteiger partial charge >= 0.3 is 5.82 Å². The average Bonchev–Trinajstić information content (AvgIpc) is 2.19. The number of ether oxygens (including phenoxy) is 1. The van der Waals surface area contributed by atoms with Gasteiger partial charge in [0.15, 0.2) is 0 Å². The summed E-state index contributed by atoms with van der Waals surface area (Å²) in [5, 5.41) is 10.5. The minimum Gasteiger partial charge on any atom is -0.486 e. The van der Waals surface area contributed by atoms with Gasteiger partial charge in [-0.25, -0.2) is 0 Å². The Bertz CT molecular complexity index is 316. The molecule has 0 aliphatic carbocycles. The molecule has 0 atom stereocenters. The predicted molar refractivity (Wildman–Crippen MR) is 50.1 cm³/mol. The molecule has 6 heteroatoms. The number of rotatable bonds is 5. The first-order valence-corrected chi connectivity index (χ1v) is 4.18. The smallest absolute Gasteiger partial charge is 0.406 e. The topological polar surface area (TPSA) is 91.3 Å². The van der Waals surface area contributed by atoms with Gasteiger partial charge in [-0.2, -0.15) is 0 Å². The molecule has 2 N–H and O–H groups in total. The number of pyridine rings is 1. The zero-order valence-corrected chi connectivity index (χ0v) is 7.55. The molecule has 0 fully saturated rings. The fraction of sp³-hybridized carbons (Fsp3) is 0.375. The van der Waals surface area contributed by atoms with E-state index < -0.39 is 4.92 Å². The van der Waals surface area contributed by atoms with Crippen LogP contribution in [0.3, 0.4) is 0 Å². The van der Waals surface area contributed by atoms with E-state index in [1.54, 1.807) is 6.07 Å². The fourth-order valence-corrected chi connectivity index (χ4v) is 0.897.